The average molecular weight is 173 g/mol. The van der Waals surface area contributed by atoms with E-state index in [4.69, 9.17) is 4.74 Å². The van der Waals surface area contributed by atoms with E-state index in [0.717, 1.165) is 0 Å². The third kappa shape index (κ3) is 5.56. The lowest BCUT2D eigenvalue weighted by Crippen LogP contribution is -2.33. The van der Waals surface area contributed by atoms with Crippen LogP contribution in [0.1, 0.15) is 33.1 Å². The second kappa shape index (κ2) is 7.56. The number of rotatable bonds is 1. The van der Waals surface area contributed by atoms with Gasteiger partial charge in [-0.3, -0.25) is 0 Å². The van der Waals surface area contributed by atoms with Crippen molar-refractivity contribution in [3.8, 4) is 0 Å². The molecule has 0 unspecified atom stereocenters. The topological polar surface area (TPSA) is 12.5 Å². The summed E-state index contributed by atoms with van der Waals surface area (Å²) in [5.74, 6) is 0. The minimum atomic E-state index is 0.529. The highest BCUT2D eigenvalue weighted by molar-refractivity contribution is 4.68. The molecule has 1 saturated heterocycles. The highest BCUT2D eigenvalue weighted by Gasteiger charge is 2.14. The lowest BCUT2D eigenvalue weighted by Gasteiger charge is -2.27. The Morgan fingerprint density at radius 1 is 1.25 bits per heavy atom. The number of likely N-dealkylation sites (tertiary alicyclic amines) is 1. The third-order valence-corrected chi connectivity index (χ3v) is 2.00. The van der Waals surface area contributed by atoms with Crippen LogP contribution in [0.3, 0.4) is 0 Å². The molecule has 0 saturated carbocycles. The van der Waals surface area contributed by atoms with Crippen molar-refractivity contribution in [3.63, 3.8) is 0 Å². The summed E-state index contributed by atoms with van der Waals surface area (Å²) in [6, 6.07) is 0. The molecule has 74 valence electrons. The van der Waals surface area contributed by atoms with E-state index >= 15 is 0 Å². The minimum Gasteiger partial charge on any atom is -0.381 e. The molecule has 0 aliphatic carbocycles. The fraction of sp³-hybridized carbons (Fsp3) is 1.00. The Hall–Kier alpha value is -0.0800. The first kappa shape index (κ1) is 11.9. The van der Waals surface area contributed by atoms with Crippen molar-refractivity contribution >= 4 is 0 Å². The molecular weight excluding hydrogens is 150 g/mol. The molecule has 0 amide bonds. The summed E-state index contributed by atoms with van der Waals surface area (Å²) in [5.41, 5.74) is 0. The van der Waals surface area contributed by atoms with Crippen molar-refractivity contribution in [1.82, 2.24) is 4.90 Å². The smallest absolute Gasteiger partial charge is 0.0595 e. The molecule has 0 spiro atoms. The SMILES string of the molecule is CCC.COC1CCN(C)CC1. The van der Waals surface area contributed by atoms with Gasteiger partial charge in [-0.05, 0) is 19.9 Å². The average Bonchev–Trinajstić information content (AvgIpc) is 2.07. The third-order valence-electron chi connectivity index (χ3n) is 2.00. The van der Waals surface area contributed by atoms with Crippen molar-refractivity contribution < 1.29 is 4.74 Å². The van der Waals surface area contributed by atoms with Gasteiger partial charge in [-0.1, -0.05) is 20.3 Å². The van der Waals surface area contributed by atoms with E-state index in [0.29, 0.717) is 6.10 Å². The maximum absolute atomic E-state index is 5.21. The van der Waals surface area contributed by atoms with Gasteiger partial charge in [-0.2, -0.15) is 0 Å². The number of piperidine rings is 1. The summed E-state index contributed by atoms with van der Waals surface area (Å²) in [6.07, 6.45) is 4.18. The van der Waals surface area contributed by atoms with Gasteiger partial charge in [0.15, 0.2) is 0 Å². The lowest BCUT2D eigenvalue weighted by molar-refractivity contribution is 0.0484. The zero-order valence-electron chi connectivity index (χ0n) is 8.97. The highest BCUT2D eigenvalue weighted by atomic mass is 16.5. The van der Waals surface area contributed by atoms with Crippen LogP contribution < -0.4 is 0 Å². The predicted molar refractivity (Wildman–Crippen MR) is 53.5 cm³/mol. The van der Waals surface area contributed by atoms with Gasteiger partial charge in [-0.15, -0.1) is 0 Å². The fourth-order valence-corrected chi connectivity index (χ4v) is 1.22. The highest BCUT2D eigenvalue weighted by Crippen LogP contribution is 2.10. The van der Waals surface area contributed by atoms with Crippen molar-refractivity contribution in [2.45, 2.75) is 39.2 Å². The zero-order chi connectivity index (χ0) is 9.40. The summed E-state index contributed by atoms with van der Waals surface area (Å²) in [5, 5.41) is 0. The molecule has 1 fully saturated rings. The molecule has 0 aromatic carbocycles. The Morgan fingerprint density at radius 3 is 2.00 bits per heavy atom. The molecule has 0 aromatic rings. The second-order valence-electron chi connectivity index (χ2n) is 3.45. The second-order valence-corrected chi connectivity index (χ2v) is 3.45. The lowest BCUT2D eigenvalue weighted by atomic mass is 10.1. The molecule has 0 N–H and O–H groups in total. The van der Waals surface area contributed by atoms with E-state index in [9.17, 15) is 0 Å². The molecule has 0 radical (unpaired) electrons. The quantitative estimate of drug-likeness (QED) is 0.602. The molecular formula is C10H23NO. The van der Waals surface area contributed by atoms with Gasteiger partial charge in [0, 0.05) is 20.2 Å². The molecule has 12 heavy (non-hydrogen) atoms. The van der Waals surface area contributed by atoms with E-state index in [1.807, 2.05) is 0 Å². The molecule has 0 bridgehead atoms. The maximum Gasteiger partial charge on any atom is 0.0595 e. The fourth-order valence-electron chi connectivity index (χ4n) is 1.22. The van der Waals surface area contributed by atoms with Crippen molar-refractivity contribution in [2.24, 2.45) is 0 Å². The Morgan fingerprint density at radius 2 is 1.67 bits per heavy atom. The van der Waals surface area contributed by atoms with E-state index in [2.05, 4.69) is 25.8 Å². The first-order chi connectivity index (χ1) is 5.74. The van der Waals surface area contributed by atoms with Crippen LogP contribution in [-0.4, -0.2) is 38.3 Å². The van der Waals surface area contributed by atoms with Gasteiger partial charge in [0.1, 0.15) is 0 Å². The first-order valence-electron chi connectivity index (χ1n) is 4.95. The van der Waals surface area contributed by atoms with E-state index in [1.54, 1.807) is 7.11 Å². The number of hydrogen-bond acceptors (Lipinski definition) is 2. The van der Waals surface area contributed by atoms with Gasteiger partial charge in [0.05, 0.1) is 6.10 Å². The summed E-state index contributed by atoms with van der Waals surface area (Å²) in [4.78, 5) is 2.34. The van der Waals surface area contributed by atoms with Crippen molar-refractivity contribution in [1.29, 1.82) is 0 Å². The van der Waals surface area contributed by atoms with Gasteiger partial charge in [0.25, 0.3) is 0 Å². The van der Waals surface area contributed by atoms with Gasteiger partial charge in [-0.25, -0.2) is 0 Å². The molecule has 0 aromatic heterocycles. The van der Waals surface area contributed by atoms with Crippen LogP contribution in [0.25, 0.3) is 0 Å². The monoisotopic (exact) mass is 173 g/mol. The molecule has 2 heteroatoms. The molecule has 1 rings (SSSR count). The standard InChI is InChI=1S/C7H15NO.C3H8/c1-8-5-3-7(9-2)4-6-8;1-3-2/h7H,3-6H2,1-2H3;3H2,1-2H3. The largest absolute Gasteiger partial charge is 0.381 e. The Labute approximate surface area is 76.9 Å². The Balaban J connectivity index is 0.000000354. The van der Waals surface area contributed by atoms with Crippen LogP contribution >= 0.6 is 0 Å². The normalized spacial score (nSPS) is 20.0. The van der Waals surface area contributed by atoms with Gasteiger partial charge < -0.3 is 9.64 Å². The van der Waals surface area contributed by atoms with Crippen LogP contribution in [0.5, 0.6) is 0 Å². The van der Waals surface area contributed by atoms with Crippen molar-refractivity contribution in [3.05, 3.63) is 0 Å². The van der Waals surface area contributed by atoms with Crippen LogP contribution in [0.15, 0.2) is 0 Å². The molecule has 2 nitrogen and oxygen atoms in total. The van der Waals surface area contributed by atoms with Gasteiger partial charge >= 0.3 is 0 Å². The summed E-state index contributed by atoms with van der Waals surface area (Å²) in [6.45, 7) is 6.64. The summed E-state index contributed by atoms with van der Waals surface area (Å²) in [7, 11) is 3.96. The van der Waals surface area contributed by atoms with Crippen LogP contribution in [0.4, 0.5) is 0 Å². The maximum atomic E-state index is 5.21. The van der Waals surface area contributed by atoms with Crippen molar-refractivity contribution in [2.75, 3.05) is 27.2 Å². The Kier molecular flexibility index (Phi) is 7.51. The van der Waals surface area contributed by atoms with E-state index in [-0.39, 0.29) is 0 Å². The van der Waals surface area contributed by atoms with Crippen LogP contribution in [-0.2, 0) is 4.74 Å². The number of hydrogen-bond donors (Lipinski definition) is 0. The molecule has 1 heterocycles. The van der Waals surface area contributed by atoms with Crippen LogP contribution in [0, 0.1) is 0 Å². The number of nitrogens with zero attached hydrogens (tertiary/aromatic N) is 1. The molecule has 1 aliphatic heterocycles. The minimum absolute atomic E-state index is 0.529. The first-order valence-corrected chi connectivity index (χ1v) is 4.95. The zero-order valence-corrected chi connectivity index (χ0v) is 8.97. The predicted octanol–water partition coefficient (Wildman–Crippen LogP) is 2.14. The number of methoxy groups -OCH3 is 1. The van der Waals surface area contributed by atoms with E-state index in [1.165, 1.54) is 32.4 Å². The van der Waals surface area contributed by atoms with Gasteiger partial charge in [0.2, 0.25) is 0 Å². The number of ether oxygens (including phenoxy) is 1. The molecule has 0 atom stereocenters. The summed E-state index contributed by atoms with van der Waals surface area (Å²) >= 11 is 0. The molecule has 1 aliphatic rings. The van der Waals surface area contributed by atoms with Crippen LogP contribution in [0.2, 0.25) is 0 Å². The Bertz CT molecular complexity index is 87.8. The summed E-state index contributed by atoms with van der Waals surface area (Å²) < 4.78 is 5.21. The van der Waals surface area contributed by atoms with E-state index < -0.39 is 0 Å².